The Morgan fingerprint density at radius 3 is 2.86 bits per heavy atom. The maximum absolute atomic E-state index is 10.0. The molecule has 2 aromatic heterocycles. The molecule has 0 aromatic carbocycles. The maximum atomic E-state index is 10.0. The van der Waals surface area contributed by atoms with E-state index in [-0.39, 0.29) is 0 Å². The standard InChI is InChI=1S/C9H9BrN2OS/c1-12-3-2-11-9(12)8(13)6-4-14-5-7(6)10/h2-5,8,13H,1H3. The second-order valence-electron chi connectivity index (χ2n) is 2.97. The van der Waals surface area contributed by atoms with Gasteiger partial charge in [-0.2, -0.15) is 11.3 Å². The molecule has 0 spiro atoms. The molecule has 0 saturated carbocycles. The molecule has 1 unspecified atom stereocenters. The van der Waals surface area contributed by atoms with Gasteiger partial charge >= 0.3 is 0 Å². The summed E-state index contributed by atoms with van der Waals surface area (Å²) in [5, 5.41) is 13.9. The Bertz CT molecular complexity index is 397. The number of thiophene rings is 1. The lowest BCUT2D eigenvalue weighted by atomic mass is 10.2. The zero-order valence-corrected chi connectivity index (χ0v) is 9.92. The van der Waals surface area contributed by atoms with Crippen LogP contribution in [0.1, 0.15) is 17.5 Å². The summed E-state index contributed by atoms with van der Waals surface area (Å²) < 4.78 is 2.74. The molecule has 0 aliphatic carbocycles. The fourth-order valence-corrected chi connectivity index (χ4v) is 2.80. The van der Waals surface area contributed by atoms with Crippen LogP contribution < -0.4 is 0 Å². The number of rotatable bonds is 2. The first-order chi connectivity index (χ1) is 6.70. The van der Waals surface area contributed by atoms with Gasteiger partial charge in [-0.05, 0) is 21.3 Å². The lowest BCUT2D eigenvalue weighted by Gasteiger charge is -2.09. The van der Waals surface area contributed by atoms with E-state index in [1.165, 1.54) is 0 Å². The largest absolute Gasteiger partial charge is 0.380 e. The topological polar surface area (TPSA) is 38.0 Å². The molecule has 0 saturated heterocycles. The third-order valence-corrected chi connectivity index (χ3v) is 3.79. The predicted octanol–water partition coefficient (Wildman–Crippen LogP) is 2.33. The van der Waals surface area contributed by atoms with Gasteiger partial charge in [0.15, 0.2) is 0 Å². The van der Waals surface area contributed by atoms with Gasteiger partial charge in [0.05, 0.1) is 0 Å². The molecule has 1 N–H and O–H groups in total. The minimum atomic E-state index is -0.657. The number of hydrogen-bond acceptors (Lipinski definition) is 3. The van der Waals surface area contributed by atoms with Crippen molar-refractivity contribution in [1.82, 2.24) is 9.55 Å². The molecule has 2 aromatic rings. The minimum absolute atomic E-state index is 0.657. The number of imidazole rings is 1. The lowest BCUT2D eigenvalue weighted by molar-refractivity contribution is 0.206. The average Bonchev–Trinajstić information content (AvgIpc) is 2.73. The van der Waals surface area contributed by atoms with E-state index in [0.717, 1.165) is 10.0 Å². The van der Waals surface area contributed by atoms with Crippen LogP contribution in [0.3, 0.4) is 0 Å². The number of aliphatic hydroxyl groups excluding tert-OH is 1. The normalized spacial score (nSPS) is 13.1. The molecule has 0 fully saturated rings. The Balaban J connectivity index is 2.38. The van der Waals surface area contributed by atoms with Crippen LogP contribution in [0.2, 0.25) is 0 Å². The van der Waals surface area contributed by atoms with Gasteiger partial charge in [-0.3, -0.25) is 0 Å². The summed E-state index contributed by atoms with van der Waals surface area (Å²) in [5.41, 5.74) is 0.865. The van der Waals surface area contributed by atoms with E-state index >= 15 is 0 Å². The first kappa shape index (κ1) is 9.89. The smallest absolute Gasteiger partial charge is 0.142 e. The number of hydrogen-bond donors (Lipinski definition) is 1. The summed E-state index contributed by atoms with van der Waals surface area (Å²) >= 11 is 4.94. The molecule has 3 nitrogen and oxygen atoms in total. The van der Waals surface area contributed by atoms with Crippen molar-refractivity contribution < 1.29 is 5.11 Å². The molecule has 0 bridgehead atoms. The Morgan fingerprint density at radius 2 is 2.36 bits per heavy atom. The summed E-state index contributed by atoms with van der Waals surface area (Å²) in [6.07, 6.45) is 2.84. The molecule has 5 heteroatoms. The van der Waals surface area contributed by atoms with Gasteiger partial charge in [-0.25, -0.2) is 4.98 Å². The Labute approximate surface area is 94.2 Å². The van der Waals surface area contributed by atoms with Crippen LogP contribution in [-0.2, 0) is 7.05 Å². The molecule has 74 valence electrons. The van der Waals surface area contributed by atoms with E-state index < -0.39 is 6.10 Å². The fourth-order valence-electron chi connectivity index (χ4n) is 1.27. The zero-order chi connectivity index (χ0) is 10.1. The van der Waals surface area contributed by atoms with Crippen LogP contribution in [0.4, 0.5) is 0 Å². The zero-order valence-electron chi connectivity index (χ0n) is 7.51. The van der Waals surface area contributed by atoms with Crippen molar-refractivity contribution in [2.75, 3.05) is 0 Å². The summed E-state index contributed by atoms with van der Waals surface area (Å²) in [4.78, 5) is 4.11. The van der Waals surface area contributed by atoms with Gasteiger partial charge in [0.2, 0.25) is 0 Å². The average molecular weight is 273 g/mol. The molecular formula is C9H9BrN2OS. The first-order valence-electron chi connectivity index (χ1n) is 4.07. The quantitative estimate of drug-likeness (QED) is 0.911. The Morgan fingerprint density at radius 1 is 1.57 bits per heavy atom. The number of halogens is 1. The molecule has 14 heavy (non-hydrogen) atoms. The van der Waals surface area contributed by atoms with Gasteiger partial charge in [0, 0.05) is 34.9 Å². The number of nitrogens with zero attached hydrogens (tertiary/aromatic N) is 2. The van der Waals surface area contributed by atoms with Gasteiger partial charge in [0.25, 0.3) is 0 Å². The Kier molecular flexibility index (Phi) is 2.71. The number of aliphatic hydroxyl groups is 1. The van der Waals surface area contributed by atoms with E-state index in [2.05, 4.69) is 20.9 Å². The molecular weight excluding hydrogens is 264 g/mol. The van der Waals surface area contributed by atoms with Gasteiger partial charge in [-0.1, -0.05) is 0 Å². The molecule has 0 amide bonds. The third-order valence-electron chi connectivity index (χ3n) is 2.04. The van der Waals surface area contributed by atoms with Crippen molar-refractivity contribution in [2.24, 2.45) is 7.05 Å². The van der Waals surface area contributed by atoms with Crippen LogP contribution in [0.5, 0.6) is 0 Å². The second-order valence-corrected chi connectivity index (χ2v) is 4.57. The van der Waals surface area contributed by atoms with Crippen LogP contribution in [0, 0.1) is 0 Å². The third kappa shape index (κ3) is 1.63. The highest BCUT2D eigenvalue weighted by atomic mass is 79.9. The highest BCUT2D eigenvalue weighted by Crippen LogP contribution is 2.30. The SMILES string of the molecule is Cn1ccnc1C(O)c1cscc1Br. The Hall–Kier alpha value is -0.650. The number of aromatic nitrogens is 2. The second kappa shape index (κ2) is 3.84. The van der Waals surface area contributed by atoms with Gasteiger partial charge in [0.1, 0.15) is 11.9 Å². The molecule has 0 aliphatic heterocycles. The highest BCUT2D eigenvalue weighted by Gasteiger charge is 2.17. The maximum Gasteiger partial charge on any atom is 0.142 e. The van der Waals surface area contributed by atoms with E-state index in [1.807, 2.05) is 28.6 Å². The van der Waals surface area contributed by atoms with Crippen LogP contribution in [-0.4, -0.2) is 14.7 Å². The number of aryl methyl sites for hydroxylation is 1. The lowest BCUT2D eigenvalue weighted by Crippen LogP contribution is -2.06. The van der Waals surface area contributed by atoms with Crippen LogP contribution in [0.15, 0.2) is 27.6 Å². The first-order valence-corrected chi connectivity index (χ1v) is 5.80. The van der Waals surface area contributed by atoms with Crippen LogP contribution in [0.25, 0.3) is 0 Å². The van der Waals surface area contributed by atoms with E-state index in [1.54, 1.807) is 17.5 Å². The van der Waals surface area contributed by atoms with Crippen molar-refractivity contribution in [3.63, 3.8) is 0 Å². The van der Waals surface area contributed by atoms with Gasteiger partial charge in [-0.15, -0.1) is 0 Å². The van der Waals surface area contributed by atoms with Crippen molar-refractivity contribution in [2.45, 2.75) is 6.10 Å². The highest BCUT2D eigenvalue weighted by molar-refractivity contribution is 9.10. The summed E-state index contributed by atoms with van der Waals surface area (Å²) in [6.45, 7) is 0. The molecule has 0 radical (unpaired) electrons. The monoisotopic (exact) mass is 272 g/mol. The molecule has 0 aliphatic rings. The van der Waals surface area contributed by atoms with Crippen molar-refractivity contribution in [1.29, 1.82) is 0 Å². The van der Waals surface area contributed by atoms with Crippen LogP contribution >= 0.6 is 27.3 Å². The predicted molar refractivity (Wildman–Crippen MR) is 59.3 cm³/mol. The fraction of sp³-hybridized carbons (Fsp3) is 0.222. The molecule has 2 rings (SSSR count). The van der Waals surface area contributed by atoms with E-state index in [4.69, 9.17) is 0 Å². The molecule has 1 atom stereocenters. The van der Waals surface area contributed by atoms with Gasteiger partial charge < -0.3 is 9.67 Å². The van der Waals surface area contributed by atoms with Crippen molar-refractivity contribution >= 4 is 27.3 Å². The van der Waals surface area contributed by atoms with Crippen molar-refractivity contribution in [3.05, 3.63) is 39.0 Å². The summed E-state index contributed by atoms with van der Waals surface area (Å²) in [7, 11) is 1.87. The van der Waals surface area contributed by atoms with Crippen molar-refractivity contribution in [3.8, 4) is 0 Å². The van der Waals surface area contributed by atoms with E-state index in [9.17, 15) is 5.11 Å². The minimum Gasteiger partial charge on any atom is -0.380 e. The summed E-state index contributed by atoms with van der Waals surface area (Å²) in [5.74, 6) is 0.657. The van der Waals surface area contributed by atoms with E-state index in [0.29, 0.717) is 5.82 Å². The summed E-state index contributed by atoms with van der Waals surface area (Å²) in [6, 6.07) is 0. The molecule has 2 heterocycles.